The molecule has 6 nitrogen and oxygen atoms in total. The Bertz CT molecular complexity index is 1520. The van der Waals surface area contributed by atoms with Gasteiger partial charge in [-0.2, -0.15) is 0 Å². The van der Waals surface area contributed by atoms with E-state index in [9.17, 15) is 14.1 Å². The molecule has 2 aliphatic rings. The van der Waals surface area contributed by atoms with Gasteiger partial charge in [0.1, 0.15) is 11.6 Å². The van der Waals surface area contributed by atoms with Gasteiger partial charge in [0, 0.05) is 46.3 Å². The lowest BCUT2D eigenvalue weighted by atomic mass is 9.69. The normalized spacial score (nSPS) is 23.9. The van der Waals surface area contributed by atoms with E-state index in [1.807, 2.05) is 30.3 Å². The van der Waals surface area contributed by atoms with Crippen LogP contribution < -0.4 is 10.1 Å². The number of carbonyl (C=O) groups is 1. The van der Waals surface area contributed by atoms with Crippen molar-refractivity contribution >= 4 is 28.3 Å². The highest BCUT2D eigenvalue weighted by atomic mass is 19.1. The van der Waals surface area contributed by atoms with E-state index in [1.54, 1.807) is 12.1 Å². The molecule has 0 radical (unpaired) electrons. The van der Waals surface area contributed by atoms with E-state index >= 15 is 0 Å². The number of halogens is 1. The van der Waals surface area contributed by atoms with Gasteiger partial charge >= 0.3 is 0 Å². The summed E-state index contributed by atoms with van der Waals surface area (Å²) in [5, 5.41) is 3.33. The van der Waals surface area contributed by atoms with E-state index < -0.39 is 0 Å². The number of nitrogens with zero attached hydrogens (tertiary/aromatic N) is 2. The second-order valence-electron chi connectivity index (χ2n) is 11.3. The van der Waals surface area contributed by atoms with Crippen LogP contribution in [0.1, 0.15) is 50.4 Å². The third-order valence-corrected chi connectivity index (χ3v) is 9.28. The van der Waals surface area contributed by atoms with Gasteiger partial charge in [-0.15, -0.1) is 0 Å². The molecule has 3 aromatic carbocycles. The Balaban J connectivity index is 1.20. The molecule has 4 aromatic rings. The minimum atomic E-state index is -0.387. The molecule has 1 amide bonds. The van der Waals surface area contributed by atoms with Crippen molar-refractivity contribution < 1.29 is 9.18 Å². The summed E-state index contributed by atoms with van der Waals surface area (Å²) >= 11 is 0. The molecule has 3 unspecified atom stereocenters. The summed E-state index contributed by atoms with van der Waals surface area (Å²) < 4.78 is 13.9. The molecule has 188 valence electrons. The van der Waals surface area contributed by atoms with Crippen LogP contribution in [0.25, 0.3) is 22.4 Å². The van der Waals surface area contributed by atoms with Gasteiger partial charge in [-0.25, -0.2) is 9.37 Å². The zero-order valence-electron chi connectivity index (χ0n) is 21.2. The lowest BCUT2D eigenvalue weighted by Crippen LogP contribution is -2.46. The Morgan fingerprint density at radius 1 is 1.03 bits per heavy atom. The lowest BCUT2D eigenvalue weighted by molar-refractivity contribution is 0.0826. The fourth-order valence-electron chi connectivity index (χ4n) is 6.43. The number of hydrogen-bond acceptors (Lipinski definition) is 3. The van der Waals surface area contributed by atoms with E-state index in [0.29, 0.717) is 28.7 Å². The van der Waals surface area contributed by atoms with E-state index in [2.05, 4.69) is 36.1 Å². The Hall–Kier alpha value is -3.87. The third-order valence-electron chi connectivity index (χ3n) is 9.28. The van der Waals surface area contributed by atoms with Crippen LogP contribution in [0, 0.1) is 27.5 Å². The standard InChI is InChI=1S/C30H29FN4O2/c1-29(2)20-14-15-30(29,3)26(17-20)34-28(36)19-6-13-24-25(16-19)33-27(32-24)18-4-9-22(10-5-18)35(37)23-11-7-21(31)8-12-23/h4-13,16,20,26H,14-15,17H2,1-3H3,(H-,32,33,34,36,37)/p+1. The molecule has 3 atom stereocenters. The van der Waals surface area contributed by atoms with Crippen molar-refractivity contribution in [1.82, 2.24) is 20.0 Å². The Morgan fingerprint density at radius 2 is 1.70 bits per heavy atom. The number of H-pyrrole nitrogens is 1. The maximum absolute atomic E-state index is 13.2. The average Bonchev–Trinajstić information content (AvgIpc) is 3.48. The van der Waals surface area contributed by atoms with Gasteiger partial charge < -0.3 is 10.3 Å². The van der Waals surface area contributed by atoms with Crippen LogP contribution >= 0.6 is 0 Å². The summed E-state index contributed by atoms with van der Waals surface area (Å²) in [5.41, 5.74) is 4.13. The van der Waals surface area contributed by atoms with Gasteiger partial charge in [-0.3, -0.25) is 4.79 Å². The van der Waals surface area contributed by atoms with E-state index in [0.717, 1.165) is 34.2 Å². The second-order valence-corrected chi connectivity index (χ2v) is 11.3. The average molecular weight is 498 g/mol. The van der Waals surface area contributed by atoms with Crippen LogP contribution in [-0.4, -0.2) is 21.9 Å². The smallest absolute Gasteiger partial charge is 0.263 e. The van der Waals surface area contributed by atoms with E-state index in [1.165, 1.54) is 30.7 Å². The number of aromatic nitrogens is 2. The number of hydrogen-bond donors (Lipinski definition) is 2. The fraction of sp³-hybridized carbons (Fsp3) is 0.333. The number of benzene rings is 3. The van der Waals surface area contributed by atoms with Gasteiger partial charge in [0.25, 0.3) is 17.3 Å². The molecular weight excluding hydrogens is 467 g/mol. The topological polar surface area (TPSA) is 77.9 Å². The first-order valence-corrected chi connectivity index (χ1v) is 12.8. The molecule has 2 aliphatic carbocycles. The Kier molecular flexibility index (Phi) is 5.30. The third kappa shape index (κ3) is 3.76. The van der Waals surface area contributed by atoms with E-state index in [4.69, 9.17) is 0 Å². The molecule has 2 N–H and O–H groups in total. The second kappa shape index (κ2) is 8.33. The van der Waals surface area contributed by atoms with Crippen molar-refractivity contribution in [1.29, 1.82) is 0 Å². The minimum Gasteiger partial charge on any atom is -0.349 e. The van der Waals surface area contributed by atoms with Crippen molar-refractivity contribution in [2.45, 2.75) is 46.1 Å². The lowest BCUT2D eigenvalue weighted by Gasteiger charge is -2.39. The predicted molar refractivity (Wildman–Crippen MR) is 143 cm³/mol. The molecule has 7 heteroatoms. The van der Waals surface area contributed by atoms with Gasteiger partial charge in [0.15, 0.2) is 0 Å². The molecule has 1 heterocycles. The Morgan fingerprint density at radius 3 is 2.32 bits per heavy atom. The molecule has 0 spiro atoms. The quantitative estimate of drug-likeness (QED) is 0.294. The number of imidazole rings is 1. The van der Waals surface area contributed by atoms with E-state index in [-0.39, 0.29) is 28.6 Å². The van der Waals surface area contributed by atoms with Crippen molar-refractivity contribution in [2.24, 2.45) is 16.7 Å². The van der Waals surface area contributed by atoms with Gasteiger partial charge in [-0.05, 0) is 78.5 Å². The molecule has 6 rings (SSSR count). The van der Waals surface area contributed by atoms with Crippen molar-refractivity contribution in [3.8, 4) is 11.4 Å². The number of rotatable bonds is 5. The van der Waals surface area contributed by atoms with Gasteiger partial charge in [0.05, 0.1) is 15.8 Å². The summed E-state index contributed by atoms with van der Waals surface area (Å²) in [6.07, 6.45) is 3.45. The summed E-state index contributed by atoms with van der Waals surface area (Å²) in [7, 11) is 0. The number of fused-ring (bicyclic) bond motifs is 3. The molecule has 0 aliphatic heterocycles. The van der Waals surface area contributed by atoms with Crippen LogP contribution in [0.3, 0.4) is 0 Å². The summed E-state index contributed by atoms with van der Waals surface area (Å²) in [5.74, 6) is 0.881. The SMILES string of the molecule is CC1(C)C2CCC1(C)C(NC(=O)c1ccc3nc(-c4ccc([N+](=O)c5ccc(F)cc5)cc4)[nH]c3c1)C2. The summed E-state index contributed by atoms with van der Waals surface area (Å²) in [6.45, 7) is 7.02. The number of amides is 1. The number of carbonyl (C=O) groups excluding carboxylic acids is 1. The van der Waals surface area contributed by atoms with Crippen LogP contribution in [0.4, 0.5) is 15.8 Å². The first-order chi connectivity index (χ1) is 17.7. The maximum atomic E-state index is 13.2. The van der Waals surface area contributed by atoms with Crippen LogP contribution in [0.5, 0.6) is 0 Å². The highest BCUT2D eigenvalue weighted by Gasteiger charge is 2.61. The first-order valence-electron chi connectivity index (χ1n) is 12.8. The zero-order valence-corrected chi connectivity index (χ0v) is 21.2. The fourth-order valence-corrected chi connectivity index (χ4v) is 6.43. The van der Waals surface area contributed by atoms with Gasteiger partial charge in [-0.1, -0.05) is 20.8 Å². The van der Waals surface area contributed by atoms with Crippen LogP contribution in [-0.2, 0) is 0 Å². The van der Waals surface area contributed by atoms with Crippen molar-refractivity contribution in [2.75, 3.05) is 0 Å². The zero-order chi connectivity index (χ0) is 25.9. The molecule has 1 aromatic heterocycles. The molecule has 37 heavy (non-hydrogen) atoms. The minimum absolute atomic E-state index is 0.0479. The number of aromatic amines is 1. The molecule has 0 saturated heterocycles. The van der Waals surface area contributed by atoms with Crippen molar-refractivity contribution in [3.63, 3.8) is 0 Å². The largest absolute Gasteiger partial charge is 0.349 e. The molecular formula is C30H30FN4O2+. The van der Waals surface area contributed by atoms with Crippen molar-refractivity contribution in [3.05, 3.63) is 83.0 Å². The molecule has 2 fully saturated rings. The van der Waals surface area contributed by atoms with Crippen LogP contribution in [0.2, 0.25) is 0 Å². The summed E-state index contributed by atoms with van der Waals surface area (Å²) in [4.78, 5) is 33.8. The highest BCUT2D eigenvalue weighted by Crippen LogP contribution is 2.65. The maximum Gasteiger partial charge on any atom is 0.263 e. The predicted octanol–water partition coefficient (Wildman–Crippen LogP) is 6.91. The highest BCUT2D eigenvalue weighted by molar-refractivity contribution is 5.98. The Labute approximate surface area is 214 Å². The van der Waals surface area contributed by atoms with Gasteiger partial charge in [0.2, 0.25) is 0 Å². The monoisotopic (exact) mass is 497 g/mol. The number of nitrogens with one attached hydrogen (secondary N) is 2. The molecule has 2 bridgehead atoms. The number of nitroso groups, excluding NO2 is 1. The summed E-state index contributed by atoms with van der Waals surface area (Å²) in [6, 6.07) is 18.2. The van der Waals surface area contributed by atoms with Crippen LogP contribution in [0.15, 0.2) is 66.7 Å². The molecule has 2 saturated carbocycles. The first kappa shape index (κ1) is 23.5.